The van der Waals surface area contributed by atoms with Crippen LogP contribution < -0.4 is 10.1 Å². The number of piperidine rings is 1. The van der Waals surface area contributed by atoms with Crippen molar-refractivity contribution in [2.75, 3.05) is 19.6 Å². The van der Waals surface area contributed by atoms with Gasteiger partial charge in [0.1, 0.15) is 6.10 Å². The summed E-state index contributed by atoms with van der Waals surface area (Å²) in [6, 6.07) is 15.6. The summed E-state index contributed by atoms with van der Waals surface area (Å²) in [6.45, 7) is 1.97. The van der Waals surface area contributed by atoms with Gasteiger partial charge in [0, 0.05) is 50.9 Å². The first-order valence-electron chi connectivity index (χ1n) is 9.85. The molecule has 0 spiro atoms. The summed E-state index contributed by atoms with van der Waals surface area (Å²) in [5, 5.41) is 15.4. The molecule has 0 bridgehead atoms. The normalized spacial score (nSPS) is 14.6. The molecule has 2 amide bonds. The van der Waals surface area contributed by atoms with E-state index in [1.807, 2.05) is 41.4 Å². The zero-order valence-corrected chi connectivity index (χ0v) is 16.1. The molecular weight excluding hydrogens is 368 g/mol. The number of hydrogen-bond acceptors (Lipinski definition) is 5. The second-order valence-corrected chi connectivity index (χ2v) is 6.95. The van der Waals surface area contributed by atoms with E-state index >= 15 is 0 Å². The number of amides is 2. The Morgan fingerprint density at radius 1 is 1.07 bits per heavy atom. The van der Waals surface area contributed by atoms with E-state index in [0.717, 1.165) is 19.3 Å². The van der Waals surface area contributed by atoms with Gasteiger partial charge in [-0.2, -0.15) is 5.10 Å². The van der Waals surface area contributed by atoms with Gasteiger partial charge in [-0.1, -0.05) is 30.3 Å². The molecule has 0 aliphatic carbocycles. The van der Waals surface area contributed by atoms with Gasteiger partial charge in [0.2, 0.25) is 5.88 Å². The molecule has 29 heavy (non-hydrogen) atoms. The van der Waals surface area contributed by atoms with Crippen LogP contribution in [0.5, 0.6) is 5.88 Å². The van der Waals surface area contributed by atoms with Crippen LogP contribution in [0.3, 0.4) is 0 Å². The van der Waals surface area contributed by atoms with Crippen molar-refractivity contribution in [1.29, 1.82) is 0 Å². The minimum atomic E-state index is -0.0113. The fourth-order valence-electron chi connectivity index (χ4n) is 3.32. The number of nitrogens with zero attached hydrogens (tertiary/aromatic N) is 5. The fraction of sp³-hybridized carbons (Fsp3) is 0.333. The smallest absolute Gasteiger partial charge is 0.317 e. The second-order valence-electron chi connectivity index (χ2n) is 6.95. The molecule has 3 heterocycles. The molecular formula is C21H24N6O2. The average molecular weight is 392 g/mol. The number of hydrogen-bond donors (Lipinski definition) is 1. The molecule has 2 aromatic heterocycles. The Bertz CT molecular complexity index is 891. The third-order valence-electron chi connectivity index (χ3n) is 4.91. The molecule has 1 saturated heterocycles. The Morgan fingerprint density at radius 2 is 1.90 bits per heavy atom. The summed E-state index contributed by atoms with van der Waals surface area (Å²) >= 11 is 0. The molecule has 1 aliphatic heterocycles. The number of nitrogens with one attached hydrogen (secondary N) is 1. The molecule has 1 fully saturated rings. The minimum Gasteiger partial charge on any atom is -0.473 e. The predicted octanol–water partition coefficient (Wildman–Crippen LogP) is 2.46. The van der Waals surface area contributed by atoms with E-state index in [2.05, 4.69) is 32.7 Å². The zero-order chi connectivity index (χ0) is 19.9. The summed E-state index contributed by atoms with van der Waals surface area (Å²) < 4.78 is 7.58. The molecule has 8 heteroatoms. The van der Waals surface area contributed by atoms with E-state index in [9.17, 15) is 4.79 Å². The van der Waals surface area contributed by atoms with Crippen molar-refractivity contribution >= 4 is 6.03 Å². The van der Waals surface area contributed by atoms with Gasteiger partial charge in [0.25, 0.3) is 0 Å². The van der Waals surface area contributed by atoms with Crippen LogP contribution in [0.4, 0.5) is 4.79 Å². The Labute approximate surface area is 169 Å². The van der Waals surface area contributed by atoms with E-state index in [-0.39, 0.29) is 12.1 Å². The highest BCUT2D eigenvalue weighted by molar-refractivity contribution is 5.74. The van der Waals surface area contributed by atoms with E-state index in [0.29, 0.717) is 31.3 Å². The van der Waals surface area contributed by atoms with Gasteiger partial charge in [-0.05, 0) is 24.1 Å². The Hall–Kier alpha value is -3.42. The lowest BCUT2D eigenvalue weighted by molar-refractivity contribution is 0.106. The van der Waals surface area contributed by atoms with E-state index in [4.69, 9.17) is 4.74 Å². The molecule has 0 saturated carbocycles. The first-order valence-corrected chi connectivity index (χ1v) is 9.85. The Morgan fingerprint density at radius 3 is 2.59 bits per heavy atom. The zero-order valence-electron chi connectivity index (χ0n) is 16.1. The number of carbonyl (C=O) groups excluding carboxylic acids is 1. The lowest BCUT2D eigenvalue weighted by Gasteiger charge is -2.31. The molecule has 0 atom stereocenters. The number of urea groups is 1. The van der Waals surface area contributed by atoms with Crippen LogP contribution in [-0.2, 0) is 6.42 Å². The van der Waals surface area contributed by atoms with E-state index in [1.165, 1.54) is 5.56 Å². The molecule has 150 valence electrons. The third-order valence-corrected chi connectivity index (χ3v) is 4.91. The second kappa shape index (κ2) is 9.18. The first-order chi connectivity index (χ1) is 14.3. The molecule has 8 nitrogen and oxygen atoms in total. The lowest BCUT2D eigenvalue weighted by atomic mass is 10.1. The monoisotopic (exact) mass is 392 g/mol. The first kappa shape index (κ1) is 18.9. The summed E-state index contributed by atoms with van der Waals surface area (Å²) in [5.41, 5.74) is 1.22. The minimum absolute atomic E-state index is 0.0113. The molecule has 0 radical (unpaired) electrons. The van der Waals surface area contributed by atoms with Gasteiger partial charge in [0.15, 0.2) is 5.82 Å². The highest BCUT2D eigenvalue weighted by atomic mass is 16.5. The summed E-state index contributed by atoms with van der Waals surface area (Å²) in [4.78, 5) is 14.2. The highest BCUT2D eigenvalue weighted by Gasteiger charge is 2.24. The van der Waals surface area contributed by atoms with Crippen LogP contribution in [0.1, 0.15) is 18.4 Å². The molecule has 4 rings (SSSR count). The quantitative estimate of drug-likeness (QED) is 0.697. The van der Waals surface area contributed by atoms with Crippen molar-refractivity contribution in [2.45, 2.75) is 25.4 Å². The lowest BCUT2D eigenvalue weighted by Crippen LogP contribution is -2.46. The predicted molar refractivity (Wildman–Crippen MR) is 108 cm³/mol. The number of aromatic nitrogens is 4. The maximum absolute atomic E-state index is 12.3. The number of benzene rings is 1. The summed E-state index contributed by atoms with van der Waals surface area (Å²) in [7, 11) is 0. The highest BCUT2D eigenvalue weighted by Crippen LogP contribution is 2.17. The summed E-state index contributed by atoms with van der Waals surface area (Å²) in [5.74, 6) is 1.14. The van der Waals surface area contributed by atoms with Crippen molar-refractivity contribution < 1.29 is 9.53 Å². The Balaban J connectivity index is 1.19. The van der Waals surface area contributed by atoms with Gasteiger partial charge < -0.3 is 15.0 Å². The maximum atomic E-state index is 12.3. The largest absolute Gasteiger partial charge is 0.473 e. The van der Waals surface area contributed by atoms with Gasteiger partial charge >= 0.3 is 6.03 Å². The van der Waals surface area contributed by atoms with Crippen LogP contribution in [0, 0.1) is 0 Å². The van der Waals surface area contributed by atoms with E-state index < -0.39 is 0 Å². The maximum Gasteiger partial charge on any atom is 0.317 e. The van der Waals surface area contributed by atoms with Gasteiger partial charge in [0.05, 0.1) is 0 Å². The molecule has 1 aromatic carbocycles. The van der Waals surface area contributed by atoms with Gasteiger partial charge in [-0.15, -0.1) is 10.2 Å². The van der Waals surface area contributed by atoms with Gasteiger partial charge in [-0.3, -0.25) is 0 Å². The van der Waals surface area contributed by atoms with Crippen LogP contribution in [-0.4, -0.2) is 56.6 Å². The van der Waals surface area contributed by atoms with Crippen LogP contribution in [0.2, 0.25) is 0 Å². The van der Waals surface area contributed by atoms with Gasteiger partial charge in [-0.25, -0.2) is 9.48 Å². The topological polar surface area (TPSA) is 85.2 Å². The van der Waals surface area contributed by atoms with E-state index in [1.54, 1.807) is 16.9 Å². The van der Waals surface area contributed by atoms with Crippen LogP contribution in [0.25, 0.3) is 5.82 Å². The number of ether oxygens (including phenoxy) is 1. The van der Waals surface area contributed by atoms with Crippen molar-refractivity contribution in [3.8, 4) is 11.7 Å². The number of carbonyl (C=O) groups is 1. The number of likely N-dealkylation sites (tertiary alicyclic amines) is 1. The molecule has 0 unspecified atom stereocenters. The van der Waals surface area contributed by atoms with Crippen molar-refractivity contribution in [3.05, 3.63) is 66.5 Å². The SMILES string of the molecule is O=C(NCCc1ccccc1)N1CCC(Oc2ccc(-n3cccn3)nn2)CC1. The standard InChI is InChI=1S/C21H24N6O2/c28-21(22-13-9-17-5-2-1-3-6-17)26-15-10-18(11-16-26)29-20-8-7-19(24-25-20)27-14-4-12-23-27/h1-8,12,14,18H,9-11,13,15-16H2,(H,22,28). The molecule has 1 N–H and O–H groups in total. The fourth-order valence-corrected chi connectivity index (χ4v) is 3.32. The van der Waals surface area contributed by atoms with Crippen LogP contribution >= 0.6 is 0 Å². The Kier molecular flexibility index (Phi) is 5.99. The summed E-state index contributed by atoms with van der Waals surface area (Å²) in [6.07, 6.45) is 5.92. The van der Waals surface area contributed by atoms with Crippen molar-refractivity contribution in [1.82, 2.24) is 30.2 Å². The number of rotatable bonds is 6. The third kappa shape index (κ3) is 5.10. The molecule has 1 aliphatic rings. The van der Waals surface area contributed by atoms with Crippen LogP contribution in [0.15, 0.2) is 60.9 Å². The molecule has 3 aromatic rings. The van der Waals surface area contributed by atoms with Crippen molar-refractivity contribution in [3.63, 3.8) is 0 Å². The van der Waals surface area contributed by atoms with Crippen molar-refractivity contribution in [2.24, 2.45) is 0 Å². The average Bonchev–Trinajstić information content (AvgIpc) is 3.30.